The highest BCUT2D eigenvalue weighted by Crippen LogP contribution is 2.48. The summed E-state index contributed by atoms with van der Waals surface area (Å²) in [5, 5.41) is 10.4. The van der Waals surface area contributed by atoms with Crippen molar-refractivity contribution in [3.05, 3.63) is 74.8 Å². The molecule has 0 bridgehead atoms. The van der Waals surface area contributed by atoms with E-state index in [2.05, 4.69) is 5.48 Å². The van der Waals surface area contributed by atoms with Crippen LogP contribution in [0.2, 0.25) is 10.0 Å². The molecule has 3 N–H and O–H groups in total. The fraction of sp³-hybridized carbons (Fsp3) is 0.238. The van der Waals surface area contributed by atoms with Crippen molar-refractivity contribution in [1.29, 1.82) is 0 Å². The molecule has 0 radical (unpaired) electrons. The summed E-state index contributed by atoms with van der Waals surface area (Å²) in [6.45, 7) is -0.449. The molecule has 36 heavy (non-hydrogen) atoms. The highest BCUT2D eigenvalue weighted by atomic mass is 35.5. The van der Waals surface area contributed by atoms with Gasteiger partial charge in [-0.1, -0.05) is 29.3 Å². The third-order valence-electron chi connectivity index (χ3n) is 4.97. The number of imide groups is 1. The lowest BCUT2D eigenvalue weighted by atomic mass is 9.91. The van der Waals surface area contributed by atoms with Gasteiger partial charge in [0.15, 0.2) is 0 Å². The Hall–Kier alpha value is -3.00. The minimum atomic E-state index is -4.96. The highest BCUT2D eigenvalue weighted by Gasteiger charge is 2.59. The zero-order valence-corrected chi connectivity index (χ0v) is 19.4. The molecule has 1 heterocycles. The van der Waals surface area contributed by atoms with Gasteiger partial charge in [0.25, 0.3) is 5.91 Å². The van der Waals surface area contributed by atoms with E-state index in [9.17, 15) is 41.1 Å². The summed E-state index contributed by atoms with van der Waals surface area (Å²) >= 11 is 11.7. The van der Waals surface area contributed by atoms with Gasteiger partial charge < -0.3 is 5.32 Å². The molecule has 2 aromatic rings. The van der Waals surface area contributed by atoms with Gasteiger partial charge in [0.05, 0.1) is 5.70 Å². The molecule has 0 saturated heterocycles. The molecule has 1 aliphatic rings. The molecule has 0 saturated carbocycles. The van der Waals surface area contributed by atoms with Crippen molar-refractivity contribution in [3.8, 4) is 0 Å². The van der Waals surface area contributed by atoms with E-state index in [4.69, 9.17) is 28.0 Å². The van der Waals surface area contributed by atoms with Gasteiger partial charge in [-0.15, -0.1) is 5.06 Å². The number of aryl methyl sites for hydroxylation is 1. The van der Waals surface area contributed by atoms with Gasteiger partial charge in [0, 0.05) is 21.2 Å². The molecule has 3 rings (SSSR count). The summed E-state index contributed by atoms with van der Waals surface area (Å²) < 4.78 is 79.1. The maximum Gasteiger partial charge on any atom is 0.428 e. The zero-order chi connectivity index (χ0) is 27.1. The highest BCUT2D eigenvalue weighted by molar-refractivity contribution is 6.34. The van der Waals surface area contributed by atoms with E-state index in [1.54, 1.807) is 0 Å². The van der Waals surface area contributed by atoms with Crippen molar-refractivity contribution < 1.29 is 46.0 Å². The number of hydrogen-bond acceptors (Lipinski definition) is 5. The minimum Gasteiger partial charge on any atom is -0.327 e. The molecular weight excluding hydrogens is 543 g/mol. The zero-order valence-electron chi connectivity index (χ0n) is 17.9. The number of nitrogens with zero attached hydrogens (tertiary/aromatic N) is 1. The summed E-state index contributed by atoms with van der Waals surface area (Å²) in [6, 6.07) is 5.10. The van der Waals surface area contributed by atoms with Crippen molar-refractivity contribution in [1.82, 2.24) is 15.9 Å². The molecule has 7 nitrogen and oxygen atoms in total. The smallest absolute Gasteiger partial charge is 0.327 e. The second-order valence-electron chi connectivity index (χ2n) is 7.57. The van der Waals surface area contributed by atoms with Crippen LogP contribution in [0.15, 0.2) is 42.5 Å². The maximum absolute atomic E-state index is 14.1. The summed E-state index contributed by atoms with van der Waals surface area (Å²) in [5.41, 5.74) is -1.41. The average Bonchev–Trinajstić information content (AvgIpc) is 3.22. The van der Waals surface area contributed by atoms with Crippen molar-refractivity contribution in [3.63, 3.8) is 0 Å². The Morgan fingerprint density at radius 1 is 1.08 bits per heavy atom. The Morgan fingerprint density at radius 3 is 2.22 bits per heavy atom. The van der Waals surface area contributed by atoms with E-state index in [0.717, 1.165) is 24.3 Å². The van der Waals surface area contributed by atoms with E-state index in [-0.39, 0.29) is 32.4 Å². The SMILES string of the molecule is Cc1cc(C2=CC(c3cc(Cl)cc(Cl)c3)(C(F)(F)F)ON2)ccc1C(=O)N(O)C(=O)NCC(F)(F)F. The largest absolute Gasteiger partial charge is 0.428 e. The quantitative estimate of drug-likeness (QED) is 0.253. The number of nitrogens with one attached hydrogen (secondary N) is 2. The van der Waals surface area contributed by atoms with Crippen LogP contribution in [0.1, 0.15) is 27.0 Å². The lowest BCUT2D eigenvalue weighted by Gasteiger charge is -2.28. The van der Waals surface area contributed by atoms with E-state index in [0.29, 0.717) is 0 Å². The van der Waals surface area contributed by atoms with Crippen molar-refractivity contribution in [2.75, 3.05) is 6.54 Å². The predicted molar refractivity (Wildman–Crippen MR) is 115 cm³/mol. The molecule has 0 aliphatic carbocycles. The summed E-state index contributed by atoms with van der Waals surface area (Å²) in [6.07, 6.45) is -8.99. The van der Waals surface area contributed by atoms with Gasteiger partial charge in [-0.05, 0) is 54.5 Å². The molecule has 1 atom stereocenters. The average molecular weight is 558 g/mol. The molecule has 0 fully saturated rings. The molecule has 1 aliphatic heterocycles. The molecule has 15 heteroatoms. The van der Waals surface area contributed by atoms with Crippen LogP contribution in [0.4, 0.5) is 31.1 Å². The van der Waals surface area contributed by atoms with Crippen LogP contribution in [-0.4, -0.2) is 41.1 Å². The summed E-state index contributed by atoms with van der Waals surface area (Å²) in [7, 11) is 0. The first kappa shape index (κ1) is 27.6. The van der Waals surface area contributed by atoms with Crippen LogP contribution in [0, 0.1) is 6.92 Å². The first-order valence-corrected chi connectivity index (χ1v) is 10.5. The Morgan fingerprint density at radius 2 is 1.69 bits per heavy atom. The van der Waals surface area contributed by atoms with Gasteiger partial charge in [-0.25, -0.2) is 4.79 Å². The van der Waals surface area contributed by atoms with Gasteiger partial charge in [-0.3, -0.25) is 20.3 Å². The standard InChI is InChI=1S/C21H15Cl2F6N3O4/c1-10-4-11(2-3-15(10)17(33)32(35)18(34)30-9-20(24,25)26)16-8-19(36-31-16,21(27,28)29)12-5-13(22)7-14(23)6-12/h2-8,31,35H,9H2,1H3,(H,30,34). The second-order valence-corrected chi connectivity index (χ2v) is 8.45. The van der Waals surface area contributed by atoms with E-state index in [1.165, 1.54) is 30.4 Å². The monoisotopic (exact) mass is 557 g/mol. The third kappa shape index (κ3) is 5.69. The second kappa shape index (κ2) is 9.81. The molecule has 1 unspecified atom stereocenters. The number of amides is 3. The first-order chi connectivity index (χ1) is 16.5. The van der Waals surface area contributed by atoms with Gasteiger partial charge >= 0.3 is 18.4 Å². The van der Waals surface area contributed by atoms with Gasteiger partial charge in [-0.2, -0.15) is 26.3 Å². The van der Waals surface area contributed by atoms with Crippen LogP contribution >= 0.6 is 23.2 Å². The van der Waals surface area contributed by atoms with Crippen LogP contribution < -0.4 is 10.8 Å². The third-order valence-corrected chi connectivity index (χ3v) is 5.41. The predicted octanol–water partition coefficient (Wildman–Crippen LogP) is 5.74. The molecule has 2 aromatic carbocycles. The maximum atomic E-state index is 14.1. The molecule has 194 valence electrons. The molecule has 0 spiro atoms. The Balaban J connectivity index is 1.91. The van der Waals surface area contributed by atoms with Crippen LogP contribution in [-0.2, 0) is 10.4 Å². The van der Waals surface area contributed by atoms with E-state index in [1.807, 2.05) is 0 Å². The fourth-order valence-corrected chi connectivity index (χ4v) is 3.81. The van der Waals surface area contributed by atoms with Crippen molar-refractivity contribution in [2.24, 2.45) is 0 Å². The Bertz CT molecular complexity index is 1210. The number of alkyl halides is 6. The van der Waals surface area contributed by atoms with Crippen molar-refractivity contribution in [2.45, 2.75) is 24.9 Å². The number of carbonyl (C=O) groups is 2. The van der Waals surface area contributed by atoms with Gasteiger partial charge in [0.2, 0.25) is 5.60 Å². The Labute approximate surface area is 209 Å². The number of halogens is 8. The van der Waals surface area contributed by atoms with Crippen LogP contribution in [0.3, 0.4) is 0 Å². The van der Waals surface area contributed by atoms with E-state index < -0.39 is 47.1 Å². The number of benzene rings is 2. The number of urea groups is 1. The van der Waals surface area contributed by atoms with Crippen molar-refractivity contribution >= 4 is 40.8 Å². The van der Waals surface area contributed by atoms with Crippen LogP contribution in [0.5, 0.6) is 0 Å². The summed E-state index contributed by atoms with van der Waals surface area (Å²) in [4.78, 5) is 28.9. The lowest BCUT2D eigenvalue weighted by Crippen LogP contribution is -2.45. The number of hydrogen-bond donors (Lipinski definition) is 3. The fourth-order valence-electron chi connectivity index (χ4n) is 3.28. The minimum absolute atomic E-state index is 0.0573. The Kier molecular flexibility index (Phi) is 7.51. The molecule has 0 aromatic heterocycles. The summed E-state index contributed by atoms with van der Waals surface area (Å²) in [5.74, 6) is -1.36. The lowest BCUT2D eigenvalue weighted by molar-refractivity contribution is -0.269. The normalized spacial score (nSPS) is 17.9. The first-order valence-electron chi connectivity index (χ1n) is 9.73. The molecule has 3 amide bonds. The molecular formula is C21H15Cl2F6N3O4. The van der Waals surface area contributed by atoms with E-state index >= 15 is 0 Å². The van der Waals surface area contributed by atoms with Gasteiger partial charge in [0.1, 0.15) is 6.54 Å². The number of hydroxylamine groups is 3. The topological polar surface area (TPSA) is 90.9 Å². The number of carbonyl (C=O) groups excluding carboxylic acids is 2. The number of rotatable bonds is 4. The van der Waals surface area contributed by atoms with Crippen LogP contribution in [0.25, 0.3) is 5.70 Å².